The number of nitrogens with zero attached hydrogens (tertiary/aromatic N) is 4. The van der Waals surface area contributed by atoms with Crippen LogP contribution in [0, 0.1) is 11.3 Å². The van der Waals surface area contributed by atoms with E-state index in [1.165, 1.54) is 10.9 Å². The van der Waals surface area contributed by atoms with Crippen LogP contribution in [0.15, 0.2) is 6.33 Å². The van der Waals surface area contributed by atoms with E-state index < -0.39 is 31.1 Å². The lowest BCUT2D eigenvalue weighted by atomic mass is 10.1. The Labute approximate surface area is 124 Å². The Kier molecular flexibility index (Phi) is 3.34. The van der Waals surface area contributed by atoms with Crippen molar-refractivity contribution in [2.45, 2.75) is 24.5 Å². The van der Waals surface area contributed by atoms with Crippen LogP contribution in [-0.2, 0) is 4.74 Å². The second-order valence-electron chi connectivity index (χ2n) is 4.93. The predicted octanol–water partition coefficient (Wildman–Crippen LogP) is -1.92. The molecule has 10 nitrogen and oxygen atoms in total. The van der Waals surface area contributed by atoms with Gasteiger partial charge in [0.25, 0.3) is 0 Å². The van der Waals surface area contributed by atoms with E-state index in [-0.39, 0.29) is 28.2 Å². The summed E-state index contributed by atoms with van der Waals surface area (Å²) in [6, 6.07) is 1.92. The summed E-state index contributed by atoms with van der Waals surface area (Å²) in [5.74, 6) is 0.0540. The highest BCUT2D eigenvalue weighted by Crippen LogP contribution is 2.38. The SMILES string of the molecule is N#Cc1c(N)n([C@H]2O[C@@H](CO)[C@@H](O)[C@@H]2O)c2ncnc(N)c12. The maximum Gasteiger partial charge on any atom is 0.166 e. The smallest absolute Gasteiger partial charge is 0.166 e. The van der Waals surface area contributed by atoms with Crippen LogP contribution < -0.4 is 11.5 Å². The quantitative estimate of drug-likeness (QED) is 0.423. The molecule has 1 fully saturated rings. The number of nitriles is 1. The topological polar surface area (TPSA) is 176 Å². The van der Waals surface area contributed by atoms with E-state index in [0.29, 0.717) is 0 Å². The summed E-state index contributed by atoms with van der Waals surface area (Å²) in [6.07, 6.45) is -3.53. The van der Waals surface area contributed by atoms with Crippen LogP contribution in [0.4, 0.5) is 11.6 Å². The van der Waals surface area contributed by atoms with Gasteiger partial charge >= 0.3 is 0 Å². The van der Waals surface area contributed by atoms with Crippen LogP contribution in [0.25, 0.3) is 11.0 Å². The number of anilines is 2. The minimum Gasteiger partial charge on any atom is -0.394 e. The Morgan fingerprint density at radius 3 is 2.64 bits per heavy atom. The summed E-state index contributed by atoms with van der Waals surface area (Å²) in [6.45, 7) is -0.476. The Morgan fingerprint density at radius 2 is 2.05 bits per heavy atom. The maximum absolute atomic E-state index is 10.1. The lowest BCUT2D eigenvalue weighted by Crippen LogP contribution is -2.33. The molecule has 1 aliphatic rings. The molecule has 0 saturated carbocycles. The van der Waals surface area contributed by atoms with E-state index >= 15 is 0 Å². The fourth-order valence-electron chi connectivity index (χ4n) is 2.64. The monoisotopic (exact) mass is 306 g/mol. The van der Waals surface area contributed by atoms with Gasteiger partial charge in [-0.15, -0.1) is 0 Å². The fraction of sp³-hybridized carbons (Fsp3) is 0.417. The van der Waals surface area contributed by atoms with Crippen molar-refractivity contribution in [3.63, 3.8) is 0 Å². The van der Waals surface area contributed by atoms with Gasteiger partial charge in [0.05, 0.1) is 12.0 Å². The zero-order valence-corrected chi connectivity index (χ0v) is 11.3. The van der Waals surface area contributed by atoms with Gasteiger partial charge in [-0.2, -0.15) is 5.26 Å². The molecule has 4 atom stereocenters. The molecule has 1 saturated heterocycles. The highest BCUT2D eigenvalue weighted by Gasteiger charge is 2.45. The average molecular weight is 306 g/mol. The summed E-state index contributed by atoms with van der Waals surface area (Å²) in [5.41, 5.74) is 12.0. The molecule has 10 heteroatoms. The molecule has 2 aromatic heterocycles. The van der Waals surface area contributed by atoms with Crippen molar-refractivity contribution in [1.82, 2.24) is 14.5 Å². The summed E-state index contributed by atoms with van der Waals surface area (Å²) < 4.78 is 6.70. The maximum atomic E-state index is 10.1. The zero-order valence-electron chi connectivity index (χ0n) is 11.3. The van der Waals surface area contributed by atoms with Crippen LogP contribution in [0.1, 0.15) is 11.8 Å². The first-order valence-corrected chi connectivity index (χ1v) is 6.43. The van der Waals surface area contributed by atoms with Crippen molar-refractivity contribution in [2.24, 2.45) is 0 Å². The van der Waals surface area contributed by atoms with Gasteiger partial charge in [-0.3, -0.25) is 4.57 Å². The second-order valence-corrected chi connectivity index (χ2v) is 4.93. The summed E-state index contributed by atoms with van der Waals surface area (Å²) >= 11 is 0. The van der Waals surface area contributed by atoms with Gasteiger partial charge in [-0.1, -0.05) is 0 Å². The summed E-state index contributed by atoms with van der Waals surface area (Å²) in [5, 5.41) is 38.7. The zero-order chi connectivity index (χ0) is 16.0. The van der Waals surface area contributed by atoms with Crippen LogP contribution >= 0.6 is 0 Å². The average Bonchev–Trinajstić information content (AvgIpc) is 2.95. The van der Waals surface area contributed by atoms with Crippen molar-refractivity contribution in [3.8, 4) is 6.07 Å². The minimum absolute atomic E-state index is 0.0143. The van der Waals surface area contributed by atoms with Crippen molar-refractivity contribution in [3.05, 3.63) is 11.9 Å². The molecule has 0 unspecified atom stereocenters. The number of aliphatic hydroxyl groups is 3. The Bertz CT molecular complexity index is 769. The van der Waals surface area contributed by atoms with E-state index in [2.05, 4.69) is 9.97 Å². The second kappa shape index (κ2) is 5.08. The Balaban J connectivity index is 2.23. The third-order valence-electron chi connectivity index (χ3n) is 3.73. The number of aromatic nitrogens is 3. The molecular weight excluding hydrogens is 292 g/mol. The van der Waals surface area contributed by atoms with Gasteiger partial charge < -0.3 is 31.5 Å². The number of hydrogen-bond donors (Lipinski definition) is 5. The largest absolute Gasteiger partial charge is 0.394 e. The molecule has 3 heterocycles. The number of aliphatic hydroxyl groups excluding tert-OH is 3. The third kappa shape index (κ3) is 1.81. The van der Waals surface area contributed by atoms with E-state index in [4.69, 9.17) is 21.3 Å². The molecule has 116 valence electrons. The van der Waals surface area contributed by atoms with Gasteiger partial charge in [0.15, 0.2) is 11.9 Å². The van der Waals surface area contributed by atoms with Gasteiger partial charge in [0.2, 0.25) is 0 Å². The molecule has 2 aromatic rings. The first-order valence-electron chi connectivity index (χ1n) is 6.43. The van der Waals surface area contributed by atoms with Crippen LogP contribution in [0.3, 0.4) is 0 Å². The van der Waals surface area contributed by atoms with Crippen LogP contribution in [-0.4, -0.2) is 54.8 Å². The highest BCUT2D eigenvalue weighted by molar-refractivity contribution is 5.96. The third-order valence-corrected chi connectivity index (χ3v) is 3.73. The van der Waals surface area contributed by atoms with Crippen molar-refractivity contribution < 1.29 is 20.1 Å². The fourth-order valence-corrected chi connectivity index (χ4v) is 2.64. The van der Waals surface area contributed by atoms with E-state index in [9.17, 15) is 15.5 Å². The molecule has 0 bridgehead atoms. The van der Waals surface area contributed by atoms with Gasteiger partial charge in [0, 0.05) is 0 Å². The molecular formula is C12H14N6O4. The van der Waals surface area contributed by atoms with Crippen molar-refractivity contribution in [2.75, 3.05) is 18.1 Å². The van der Waals surface area contributed by atoms with Gasteiger partial charge in [-0.05, 0) is 0 Å². The predicted molar refractivity (Wildman–Crippen MR) is 74.1 cm³/mol. The number of rotatable bonds is 2. The van der Waals surface area contributed by atoms with Gasteiger partial charge in [0.1, 0.15) is 47.9 Å². The first-order chi connectivity index (χ1) is 10.5. The number of fused-ring (bicyclic) bond motifs is 1. The highest BCUT2D eigenvalue weighted by atomic mass is 16.6. The number of nitrogen functional groups attached to an aromatic ring is 2. The Morgan fingerprint density at radius 1 is 1.32 bits per heavy atom. The summed E-state index contributed by atoms with van der Waals surface area (Å²) in [7, 11) is 0. The molecule has 3 rings (SSSR count). The van der Waals surface area contributed by atoms with Gasteiger partial charge in [-0.25, -0.2) is 9.97 Å². The van der Waals surface area contributed by atoms with E-state index in [0.717, 1.165) is 0 Å². The molecule has 0 amide bonds. The lowest BCUT2D eigenvalue weighted by Gasteiger charge is -2.18. The van der Waals surface area contributed by atoms with E-state index in [1.807, 2.05) is 6.07 Å². The molecule has 0 spiro atoms. The molecule has 0 aromatic carbocycles. The van der Waals surface area contributed by atoms with Crippen LogP contribution in [0.5, 0.6) is 0 Å². The number of nitrogens with two attached hydrogens (primary N) is 2. The standard InChI is InChI=1S/C12H14N6O4/c13-1-4-6-9(14)16-3-17-11(6)18(10(4)15)12-8(21)7(20)5(2-19)22-12/h3,5,7-8,12,19-21H,2,15H2,(H2,14,16,17)/t5-,7+,8-,12-/m0/s1. The molecule has 22 heavy (non-hydrogen) atoms. The van der Waals surface area contributed by atoms with Crippen LogP contribution in [0.2, 0.25) is 0 Å². The first kappa shape index (κ1) is 14.5. The summed E-state index contributed by atoms with van der Waals surface area (Å²) in [4.78, 5) is 7.85. The Hall–Kier alpha value is -2.45. The molecule has 0 aliphatic carbocycles. The molecule has 7 N–H and O–H groups in total. The number of ether oxygens (including phenoxy) is 1. The number of hydrogen-bond acceptors (Lipinski definition) is 9. The lowest BCUT2D eigenvalue weighted by molar-refractivity contribution is -0.0499. The molecule has 0 radical (unpaired) electrons. The van der Waals surface area contributed by atoms with E-state index in [1.54, 1.807) is 0 Å². The minimum atomic E-state index is -1.35. The van der Waals surface area contributed by atoms with Crippen molar-refractivity contribution >= 4 is 22.7 Å². The van der Waals surface area contributed by atoms with Crippen molar-refractivity contribution in [1.29, 1.82) is 5.26 Å². The molecule has 1 aliphatic heterocycles. The normalized spacial score (nSPS) is 28.1.